The van der Waals surface area contributed by atoms with Crippen LogP contribution >= 0.6 is 32.9 Å². The van der Waals surface area contributed by atoms with Gasteiger partial charge < -0.3 is 0 Å². The third kappa shape index (κ3) is 1.75. The average molecular weight is 240 g/mol. The molecular formula is C9H8N2S3. The maximum Gasteiger partial charge on any atom is 0.105 e. The summed E-state index contributed by atoms with van der Waals surface area (Å²) >= 11 is 5.25. The van der Waals surface area contributed by atoms with Crippen LogP contribution in [0.3, 0.4) is 0 Å². The normalized spacial score (nSPS) is 10.4. The number of hydrogen-bond donors (Lipinski definition) is 0. The third-order valence-electron chi connectivity index (χ3n) is 1.88. The van der Waals surface area contributed by atoms with E-state index in [4.69, 9.17) is 12.2 Å². The van der Waals surface area contributed by atoms with Crippen molar-refractivity contribution >= 4 is 32.9 Å². The maximum absolute atomic E-state index is 5.25. The van der Waals surface area contributed by atoms with E-state index in [0.717, 1.165) is 15.9 Å². The Bertz CT molecular complexity index is 472. The Hall–Kier alpha value is -0.650. The largest absolute Gasteiger partial charge is 0.159 e. The molecular weight excluding hydrogens is 232 g/mol. The lowest BCUT2D eigenvalue weighted by Crippen LogP contribution is -1.86. The van der Waals surface area contributed by atoms with Gasteiger partial charge in [0.25, 0.3) is 0 Å². The van der Waals surface area contributed by atoms with Gasteiger partial charge in [-0.2, -0.15) is 5.10 Å². The zero-order chi connectivity index (χ0) is 9.97. The molecule has 0 bridgehead atoms. The van der Waals surface area contributed by atoms with Gasteiger partial charge in [0, 0.05) is 11.8 Å². The van der Waals surface area contributed by atoms with E-state index in [-0.39, 0.29) is 0 Å². The summed E-state index contributed by atoms with van der Waals surface area (Å²) in [6.45, 7) is 2.12. The highest BCUT2D eigenvalue weighted by Gasteiger charge is 2.09. The second-order valence-corrected chi connectivity index (χ2v) is 5.54. The summed E-state index contributed by atoms with van der Waals surface area (Å²) in [6, 6.07) is 3.87. The Labute approximate surface area is 94.7 Å². The van der Waals surface area contributed by atoms with Crippen molar-refractivity contribution < 1.29 is 0 Å². The molecule has 5 heteroatoms. The molecule has 0 aromatic carbocycles. The number of nitrogens with zero attached hydrogens (tertiary/aromatic N) is 2. The maximum atomic E-state index is 5.25. The summed E-state index contributed by atoms with van der Waals surface area (Å²) in [5.41, 5.74) is 2.16. The second-order valence-electron chi connectivity index (χ2n) is 2.72. The molecule has 0 fully saturated rings. The zero-order valence-corrected chi connectivity index (χ0v) is 10.0. The lowest BCUT2D eigenvalue weighted by molar-refractivity contribution is 1.03. The van der Waals surface area contributed by atoms with Crippen LogP contribution in [0, 0.1) is 3.82 Å². The van der Waals surface area contributed by atoms with E-state index >= 15 is 0 Å². The van der Waals surface area contributed by atoms with Gasteiger partial charge in [0.15, 0.2) is 0 Å². The molecule has 0 spiro atoms. The molecule has 14 heavy (non-hydrogen) atoms. The van der Waals surface area contributed by atoms with Crippen molar-refractivity contribution in [3.05, 3.63) is 27.7 Å². The lowest BCUT2D eigenvalue weighted by atomic mass is 10.2. The fourth-order valence-corrected chi connectivity index (χ4v) is 4.26. The first kappa shape index (κ1) is 9.89. The first-order chi connectivity index (χ1) is 6.83. The van der Waals surface area contributed by atoms with Gasteiger partial charge in [-0.05, 0) is 18.6 Å². The topological polar surface area (TPSA) is 25.8 Å². The fraction of sp³-hybridized carbons (Fsp3) is 0.222. The molecule has 0 radical (unpaired) electrons. The quantitative estimate of drug-likeness (QED) is 0.593. The van der Waals surface area contributed by atoms with Crippen molar-refractivity contribution in [2.24, 2.45) is 0 Å². The number of aromatic nitrogens is 2. The van der Waals surface area contributed by atoms with Crippen molar-refractivity contribution in [2.45, 2.75) is 13.3 Å². The molecule has 2 aromatic rings. The van der Waals surface area contributed by atoms with Crippen LogP contribution in [0.1, 0.15) is 12.5 Å². The fourth-order valence-electron chi connectivity index (χ4n) is 1.20. The molecule has 0 aliphatic carbocycles. The highest BCUT2D eigenvalue weighted by molar-refractivity contribution is 7.80. The SMILES string of the molecule is CCc1c(-c2cccnn2)ssc1=S. The Morgan fingerprint density at radius 2 is 2.29 bits per heavy atom. The van der Waals surface area contributed by atoms with Gasteiger partial charge in [-0.15, -0.1) is 5.10 Å². The Morgan fingerprint density at radius 3 is 2.93 bits per heavy atom. The van der Waals surface area contributed by atoms with E-state index in [1.54, 1.807) is 26.9 Å². The van der Waals surface area contributed by atoms with Gasteiger partial charge in [0.2, 0.25) is 0 Å². The molecule has 0 unspecified atom stereocenters. The van der Waals surface area contributed by atoms with Gasteiger partial charge in [-0.1, -0.05) is 39.8 Å². The first-order valence-electron chi connectivity index (χ1n) is 4.23. The van der Waals surface area contributed by atoms with Crippen LogP contribution in [0.2, 0.25) is 0 Å². The predicted octanol–water partition coefficient (Wildman–Crippen LogP) is 3.56. The van der Waals surface area contributed by atoms with Crippen LogP contribution in [-0.2, 0) is 6.42 Å². The number of hydrogen-bond acceptors (Lipinski definition) is 5. The van der Waals surface area contributed by atoms with Crippen molar-refractivity contribution in [1.82, 2.24) is 10.2 Å². The summed E-state index contributed by atoms with van der Waals surface area (Å²) in [7, 11) is 3.33. The highest BCUT2D eigenvalue weighted by Crippen LogP contribution is 2.33. The summed E-state index contributed by atoms with van der Waals surface area (Å²) in [6.07, 6.45) is 2.64. The van der Waals surface area contributed by atoms with Crippen molar-refractivity contribution in [2.75, 3.05) is 0 Å². The van der Waals surface area contributed by atoms with Crippen LogP contribution in [0.5, 0.6) is 0 Å². The Balaban J connectivity index is 2.57. The molecule has 2 heterocycles. The molecule has 2 nitrogen and oxygen atoms in total. The van der Waals surface area contributed by atoms with Gasteiger partial charge in [0.1, 0.15) is 9.52 Å². The van der Waals surface area contributed by atoms with Gasteiger partial charge in [0.05, 0.1) is 4.88 Å². The van der Waals surface area contributed by atoms with Crippen LogP contribution in [0.25, 0.3) is 10.6 Å². The third-order valence-corrected chi connectivity index (χ3v) is 5.05. The average Bonchev–Trinajstić information content (AvgIpc) is 2.61. The molecule has 0 saturated heterocycles. The molecule has 2 rings (SSSR count). The van der Waals surface area contributed by atoms with Gasteiger partial charge in [-0.25, -0.2) is 0 Å². The standard InChI is InChI=1S/C9H8N2S3/c1-2-6-8(13-14-9(6)12)7-4-3-5-10-11-7/h3-5H,2H2,1H3. The summed E-state index contributed by atoms with van der Waals surface area (Å²) < 4.78 is 0.984. The smallest absolute Gasteiger partial charge is 0.105 e. The van der Waals surface area contributed by atoms with E-state index in [0.29, 0.717) is 0 Å². The molecule has 0 aliphatic rings. The molecule has 72 valence electrons. The molecule has 0 saturated carbocycles. The molecule has 0 aliphatic heterocycles. The minimum Gasteiger partial charge on any atom is -0.159 e. The van der Waals surface area contributed by atoms with E-state index in [1.807, 2.05) is 12.1 Å². The van der Waals surface area contributed by atoms with Crippen LogP contribution in [-0.4, -0.2) is 10.2 Å². The van der Waals surface area contributed by atoms with Crippen LogP contribution in [0.4, 0.5) is 0 Å². The zero-order valence-electron chi connectivity index (χ0n) is 7.56. The van der Waals surface area contributed by atoms with E-state index in [2.05, 4.69) is 17.1 Å². The van der Waals surface area contributed by atoms with Crippen LogP contribution < -0.4 is 0 Å². The molecule has 0 N–H and O–H groups in total. The number of rotatable bonds is 2. The highest BCUT2D eigenvalue weighted by atomic mass is 32.9. The molecule has 2 aromatic heterocycles. The molecule has 0 atom stereocenters. The van der Waals surface area contributed by atoms with Gasteiger partial charge >= 0.3 is 0 Å². The van der Waals surface area contributed by atoms with Crippen molar-refractivity contribution in [1.29, 1.82) is 0 Å². The Morgan fingerprint density at radius 1 is 1.43 bits per heavy atom. The van der Waals surface area contributed by atoms with E-state index in [1.165, 1.54) is 10.4 Å². The monoisotopic (exact) mass is 240 g/mol. The van der Waals surface area contributed by atoms with E-state index in [9.17, 15) is 0 Å². The lowest BCUT2D eigenvalue weighted by Gasteiger charge is -1.97. The van der Waals surface area contributed by atoms with Crippen LogP contribution in [0.15, 0.2) is 18.3 Å². The predicted molar refractivity (Wildman–Crippen MR) is 63.4 cm³/mol. The van der Waals surface area contributed by atoms with Gasteiger partial charge in [-0.3, -0.25) is 0 Å². The summed E-state index contributed by atoms with van der Waals surface area (Å²) in [5, 5.41) is 7.96. The Kier molecular flexibility index (Phi) is 3.00. The summed E-state index contributed by atoms with van der Waals surface area (Å²) in [4.78, 5) is 1.18. The van der Waals surface area contributed by atoms with E-state index < -0.39 is 0 Å². The second kappa shape index (κ2) is 4.25. The molecule has 0 amide bonds. The summed E-state index contributed by atoms with van der Waals surface area (Å²) in [5.74, 6) is 0. The van der Waals surface area contributed by atoms with Crippen molar-refractivity contribution in [3.63, 3.8) is 0 Å². The minimum absolute atomic E-state index is 0.932. The first-order valence-corrected chi connectivity index (χ1v) is 6.78. The minimum atomic E-state index is 0.932. The van der Waals surface area contributed by atoms with Crippen molar-refractivity contribution in [3.8, 4) is 10.6 Å².